The van der Waals surface area contributed by atoms with Gasteiger partial charge >= 0.3 is 0 Å². The molecule has 0 amide bonds. The highest BCUT2D eigenvalue weighted by atomic mass is 15.0. The molecule has 0 aromatic carbocycles. The van der Waals surface area contributed by atoms with Crippen LogP contribution in [0.1, 0.15) is 20.8 Å². The van der Waals surface area contributed by atoms with Crippen molar-refractivity contribution in [2.24, 2.45) is 0 Å². The highest BCUT2D eigenvalue weighted by Gasteiger charge is 2.11. The molecular formula is C12H15N3. The summed E-state index contributed by atoms with van der Waals surface area (Å²) in [6.45, 7) is 6.42. The zero-order valence-corrected chi connectivity index (χ0v) is 9.28. The van der Waals surface area contributed by atoms with E-state index in [1.54, 1.807) is 18.6 Å². The normalized spacial score (nSPS) is 11.7. The average Bonchev–Trinajstić information content (AvgIpc) is 2.16. The van der Waals surface area contributed by atoms with Crippen LogP contribution in [0.2, 0.25) is 0 Å². The standard InChI is InChI=1S/C12H15N3/c1-12(2,3)15-10-5-7-14-11-8-13-6-4-9(10)11/h4-8H,1-3H3,(H,14,15). The van der Waals surface area contributed by atoms with Crippen LogP contribution < -0.4 is 5.32 Å². The maximum Gasteiger partial charge on any atom is 0.0905 e. The zero-order chi connectivity index (χ0) is 10.9. The predicted molar refractivity (Wildman–Crippen MR) is 62.9 cm³/mol. The van der Waals surface area contributed by atoms with Crippen LogP contribution >= 0.6 is 0 Å². The van der Waals surface area contributed by atoms with E-state index in [4.69, 9.17) is 0 Å². The van der Waals surface area contributed by atoms with Crippen LogP contribution in [0.4, 0.5) is 5.69 Å². The summed E-state index contributed by atoms with van der Waals surface area (Å²) in [5.41, 5.74) is 2.08. The second-order valence-electron chi connectivity index (χ2n) is 4.63. The Hall–Kier alpha value is -1.64. The third kappa shape index (κ3) is 2.24. The number of hydrogen-bond acceptors (Lipinski definition) is 3. The van der Waals surface area contributed by atoms with Crippen molar-refractivity contribution in [1.82, 2.24) is 9.97 Å². The van der Waals surface area contributed by atoms with Crippen LogP contribution in [0, 0.1) is 0 Å². The number of fused-ring (bicyclic) bond motifs is 1. The maximum atomic E-state index is 4.27. The fraction of sp³-hybridized carbons (Fsp3) is 0.333. The second-order valence-corrected chi connectivity index (χ2v) is 4.63. The molecule has 0 saturated heterocycles. The molecule has 3 nitrogen and oxygen atoms in total. The molecule has 0 fully saturated rings. The molecule has 2 aromatic rings. The number of nitrogens with one attached hydrogen (secondary N) is 1. The van der Waals surface area contributed by atoms with Gasteiger partial charge in [-0.15, -0.1) is 0 Å². The average molecular weight is 201 g/mol. The smallest absolute Gasteiger partial charge is 0.0905 e. The predicted octanol–water partition coefficient (Wildman–Crippen LogP) is 2.84. The Morgan fingerprint density at radius 3 is 2.67 bits per heavy atom. The molecule has 0 spiro atoms. The minimum Gasteiger partial charge on any atom is -0.380 e. The first-order chi connectivity index (χ1) is 7.06. The Kier molecular flexibility index (Phi) is 2.31. The Bertz CT molecular complexity index is 466. The molecule has 0 saturated carbocycles. The molecule has 0 radical (unpaired) electrons. The van der Waals surface area contributed by atoms with Crippen LogP contribution in [-0.2, 0) is 0 Å². The summed E-state index contributed by atoms with van der Waals surface area (Å²) in [7, 11) is 0. The van der Waals surface area contributed by atoms with Gasteiger partial charge in [-0.2, -0.15) is 0 Å². The fourth-order valence-corrected chi connectivity index (χ4v) is 1.51. The molecule has 1 N–H and O–H groups in total. The van der Waals surface area contributed by atoms with Crippen LogP contribution in [0.15, 0.2) is 30.7 Å². The molecule has 2 aromatic heterocycles. The summed E-state index contributed by atoms with van der Waals surface area (Å²) >= 11 is 0. The Morgan fingerprint density at radius 2 is 1.93 bits per heavy atom. The molecule has 0 aliphatic carbocycles. The van der Waals surface area contributed by atoms with E-state index in [-0.39, 0.29) is 5.54 Å². The van der Waals surface area contributed by atoms with Gasteiger partial charge in [0.1, 0.15) is 0 Å². The lowest BCUT2D eigenvalue weighted by Crippen LogP contribution is -2.26. The number of rotatable bonds is 1. The highest BCUT2D eigenvalue weighted by Crippen LogP contribution is 2.23. The van der Waals surface area contributed by atoms with E-state index in [9.17, 15) is 0 Å². The van der Waals surface area contributed by atoms with E-state index in [1.165, 1.54) is 0 Å². The van der Waals surface area contributed by atoms with Gasteiger partial charge in [-0.3, -0.25) is 9.97 Å². The van der Waals surface area contributed by atoms with Gasteiger partial charge in [-0.05, 0) is 32.9 Å². The van der Waals surface area contributed by atoms with E-state index in [2.05, 4.69) is 36.1 Å². The van der Waals surface area contributed by atoms with Gasteiger partial charge in [0.2, 0.25) is 0 Å². The number of aromatic nitrogens is 2. The third-order valence-corrected chi connectivity index (χ3v) is 2.05. The van der Waals surface area contributed by atoms with Crippen molar-refractivity contribution in [3.8, 4) is 0 Å². The monoisotopic (exact) mass is 201 g/mol. The van der Waals surface area contributed by atoms with Crippen LogP contribution in [0.25, 0.3) is 10.9 Å². The first-order valence-corrected chi connectivity index (χ1v) is 5.03. The van der Waals surface area contributed by atoms with Crippen molar-refractivity contribution < 1.29 is 0 Å². The largest absolute Gasteiger partial charge is 0.380 e. The van der Waals surface area contributed by atoms with Gasteiger partial charge in [0, 0.05) is 29.0 Å². The number of nitrogens with zero attached hydrogens (tertiary/aromatic N) is 2. The first kappa shape index (κ1) is 9.90. The van der Waals surface area contributed by atoms with Crippen molar-refractivity contribution in [2.45, 2.75) is 26.3 Å². The molecular weight excluding hydrogens is 186 g/mol. The molecule has 3 heteroatoms. The van der Waals surface area contributed by atoms with E-state index in [1.807, 2.05) is 12.1 Å². The summed E-state index contributed by atoms with van der Waals surface area (Å²) in [4.78, 5) is 8.33. The van der Waals surface area contributed by atoms with E-state index < -0.39 is 0 Å². The van der Waals surface area contributed by atoms with Gasteiger partial charge in [0.15, 0.2) is 0 Å². The quantitative estimate of drug-likeness (QED) is 0.771. The molecule has 2 rings (SSSR count). The topological polar surface area (TPSA) is 37.8 Å². The minimum absolute atomic E-state index is 0.0531. The number of hydrogen-bond donors (Lipinski definition) is 1. The highest BCUT2D eigenvalue weighted by molar-refractivity contribution is 5.90. The van der Waals surface area contributed by atoms with E-state index >= 15 is 0 Å². The molecule has 0 unspecified atom stereocenters. The SMILES string of the molecule is CC(C)(C)Nc1ccnc2cnccc12. The molecule has 0 aliphatic heterocycles. The molecule has 78 valence electrons. The Labute approximate surface area is 89.6 Å². The molecule has 0 atom stereocenters. The summed E-state index contributed by atoms with van der Waals surface area (Å²) in [5, 5.41) is 4.57. The number of anilines is 1. The van der Waals surface area contributed by atoms with E-state index in [0.29, 0.717) is 0 Å². The van der Waals surface area contributed by atoms with Crippen molar-refractivity contribution in [2.75, 3.05) is 5.32 Å². The molecule has 0 aliphatic rings. The minimum atomic E-state index is 0.0531. The zero-order valence-electron chi connectivity index (χ0n) is 9.28. The summed E-state index contributed by atoms with van der Waals surface area (Å²) in [6, 6.07) is 3.98. The van der Waals surface area contributed by atoms with Crippen LogP contribution in [0.3, 0.4) is 0 Å². The number of pyridine rings is 2. The van der Waals surface area contributed by atoms with Gasteiger partial charge in [-0.1, -0.05) is 0 Å². The first-order valence-electron chi connectivity index (χ1n) is 5.03. The Morgan fingerprint density at radius 1 is 1.13 bits per heavy atom. The Balaban J connectivity index is 2.52. The van der Waals surface area contributed by atoms with Crippen LogP contribution in [0.5, 0.6) is 0 Å². The summed E-state index contributed by atoms with van der Waals surface area (Å²) < 4.78 is 0. The second kappa shape index (κ2) is 3.50. The summed E-state index contributed by atoms with van der Waals surface area (Å²) in [6.07, 6.45) is 5.37. The van der Waals surface area contributed by atoms with Crippen molar-refractivity contribution >= 4 is 16.6 Å². The van der Waals surface area contributed by atoms with Gasteiger partial charge in [0.05, 0.1) is 11.7 Å². The van der Waals surface area contributed by atoms with Crippen molar-refractivity contribution in [3.63, 3.8) is 0 Å². The van der Waals surface area contributed by atoms with E-state index in [0.717, 1.165) is 16.6 Å². The van der Waals surface area contributed by atoms with Gasteiger partial charge < -0.3 is 5.32 Å². The lowest BCUT2D eigenvalue weighted by Gasteiger charge is -2.22. The lowest BCUT2D eigenvalue weighted by atomic mass is 10.1. The molecule has 0 bridgehead atoms. The third-order valence-electron chi connectivity index (χ3n) is 2.05. The fourth-order valence-electron chi connectivity index (χ4n) is 1.51. The van der Waals surface area contributed by atoms with Crippen molar-refractivity contribution in [3.05, 3.63) is 30.7 Å². The van der Waals surface area contributed by atoms with Crippen molar-refractivity contribution in [1.29, 1.82) is 0 Å². The van der Waals surface area contributed by atoms with Crippen LogP contribution in [-0.4, -0.2) is 15.5 Å². The molecule has 15 heavy (non-hydrogen) atoms. The van der Waals surface area contributed by atoms with Gasteiger partial charge in [0.25, 0.3) is 0 Å². The maximum absolute atomic E-state index is 4.27. The summed E-state index contributed by atoms with van der Waals surface area (Å²) in [5.74, 6) is 0. The molecule has 2 heterocycles. The lowest BCUT2D eigenvalue weighted by molar-refractivity contribution is 0.635. The van der Waals surface area contributed by atoms with Gasteiger partial charge in [-0.25, -0.2) is 0 Å².